The van der Waals surface area contributed by atoms with Gasteiger partial charge in [0.15, 0.2) is 0 Å². The molecule has 1 heterocycles. The lowest BCUT2D eigenvalue weighted by Gasteiger charge is -2.25. The fourth-order valence-corrected chi connectivity index (χ4v) is 3.14. The molecule has 134 valence electrons. The number of carbonyl (C=O) groups excluding carboxylic acids is 2. The van der Waals surface area contributed by atoms with Gasteiger partial charge in [0, 0.05) is 16.9 Å². The van der Waals surface area contributed by atoms with Gasteiger partial charge in [-0.1, -0.05) is 58.4 Å². The number of rotatable bonds is 6. The van der Waals surface area contributed by atoms with E-state index < -0.39 is 5.97 Å². The highest BCUT2D eigenvalue weighted by atomic mass is 79.9. The highest BCUT2D eigenvalue weighted by Crippen LogP contribution is 2.32. The maximum atomic E-state index is 12.7. The number of hydrogen-bond donors (Lipinski definition) is 1. The summed E-state index contributed by atoms with van der Waals surface area (Å²) in [5.41, 5.74) is 5.99. The first-order valence-electron chi connectivity index (χ1n) is 8.36. The van der Waals surface area contributed by atoms with Gasteiger partial charge in [0.2, 0.25) is 5.91 Å². The maximum absolute atomic E-state index is 12.7. The molecule has 0 saturated heterocycles. The van der Waals surface area contributed by atoms with Crippen LogP contribution in [0.3, 0.4) is 0 Å². The summed E-state index contributed by atoms with van der Waals surface area (Å²) in [7, 11) is 0. The topological polar surface area (TPSA) is 72.5 Å². The lowest BCUT2D eigenvalue weighted by molar-refractivity contribution is -0.305. The van der Waals surface area contributed by atoms with Crippen molar-refractivity contribution in [2.24, 2.45) is 0 Å². The first-order valence-corrected chi connectivity index (χ1v) is 9.15. The van der Waals surface area contributed by atoms with E-state index in [4.69, 9.17) is 0 Å². The molecule has 0 bridgehead atoms. The van der Waals surface area contributed by atoms with E-state index in [2.05, 4.69) is 21.4 Å². The van der Waals surface area contributed by atoms with Gasteiger partial charge in [0.25, 0.3) is 0 Å². The number of halogens is 1. The average Bonchev–Trinajstić information content (AvgIpc) is 3.08. The van der Waals surface area contributed by atoms with Gasteiger partial charge in [0.1, 0.15) is 0 Å². The molecule has 3 rings (SSSR count). The van der Waals surface area contributed by atoms with Gasteiger partial charge in [-0.25, -0.2) is 5.01 Å². The van der Waals surface area contributed by atoms with Gasteiger partial charge in [0.05, 0.1) is 11.7 Å². The Hall–Kier alpha value is -2.60. The summed E-state index contributed by atoms with van der Waals surface area (Å²) in [5.74, 6) is -1.29. The minimum atomic E-state index is -1.14. The molecule has 1 aliphatic rings. The van der Waals surface area contributed by atoms with Crippen LogP contribution in [0.15, 0.2) is 65.1 Å². The second-order valence-electron chi connectivity index (χ2n) is 6.04. The molecule has 1 aliphatic heterocycles. The molecule has 2 aromatic carbocycles. The predicted octanol–water partition coefficient (Wildman–Crippen LogP) is 2.80. The third-order valence-electron chi connectivity index (χ3n) is 4.18. The number of nitrogens with one attached hydrogen (secondary N) is 1. The number of aliphatic carboxylic acids is 1. The lowest BCUT2D eigenvalue weighted by atomic mass is 10.0. The Bertz CT molecular complexity index is 819. The molecule has 1 atom stereocenters. The van der Waals surface area contributed by atoms with Crippen LogP contribution in [0.1, 0.15) is 36.4 Å². The summed E-state index contributed by atoms with van der Waals surface area (Å²) in [4.78, 5) is 23.3. The number of carboxylic acid groups (broad SMARTS) is 1. The normalized spacial score (nSPS) is 16.1. The highest BCUT2D eigenvalue weighted by molar-refractivity contribution is 9.10. The van der Waals surface area contributed by atoms with E-state index in [1.807, 2.05) is 60.7 Å². The zero-order chi connectivity index (χ0) is 18.5. The molecule has 0 aliphatic carbocycles. The summed E-state index contributed by atoms with van der Waals surface area (Å²) in [6.07, 6.45) is 2.29. The molecule has 0 aromatic heterocycles. The molecule has 5 nitrogen and oxygen atoms in total. The van der Waals surface area contributed by atoms with Gasteiger partial charge < -0.3 is 9.90 Å². The Morgan fingerprint density at radius 3 is 2.38 bits per heavy atom. The van der Waals surface area contributed by atoms with Crippen LogP contribution in [-0.4, -0.2) is 16.9 Å². The Labute approximate surface area is 160 Å². The number of hydrazine groups is 1. The van der Waals surface area contributed by atoms with Gasteiger partial charge in [-0.15, -0.1) is 0 Å². The largest absolute Gasteiger partial charge is 0.550 e. The van der Waals surface area contributed by atoms with Crippen molar-refractivity contribution in [3.63, 3.8) is 0 Å². The molecule has 1 N–H and O–H groups in total. The van der Waals surface area contributed by atoms with Crippen LogP contribution >= 0.6 is 15.9 Å². The smallest absolute Gasteiger partial charge is 0.241 e. The minimum Gasteiger partial charge on any atom is -0.550 e. The number of carboxylic acids is 1. The van der Waals surface area contributed by atoms with Crippen LogP contribution in [0, 0.1) is 0 Å². The minimum absolute atomic E-state index is 0.124. The Morgan fingerprint density at radius 2 is 1.73 bits per heavy atom. The van der Waals surface area contributed by atoms with Gasteiger partial charge >= 0.3 is 0 Å². The number of benzene rings is 2. The second-order valence-corrected chi connectivity index (χ2v) is 6.96. The van der Waals surface area contributed by atoms with Crippen LogP contribution in [0.25, 0.3) is 5.70 Å². The van der Waals surface area contributed by atoms with Crippen LogP contribution in [0.2, 0.25) is 0 Å². The van der Waals surface area contributed by atoms with E-state index in [-0.39, 0.29) is 31.2 Å². The Balaban J connectivity index is 1.83. The van der Waals surface area contributed by atoms with Crippen molar-refractivity contribution in [2.45, 2.75) is 25.3 Å². The van der Waals surface area contributed by atoms with Crippen LogP contribution in [0.4, 0.5) is 0 Å². The summed E-state index contributed by atoms with van der Waals surface area (Å²) < 4.78 is 0.964. The molecule has 6 heteroatoms. The zero-order valence-corrected chi connectivity index (χ0v) is 15.6. The van der Waals surface area contributed by atoms with Crippen LogP contribution < -0.4 is 10.5 Å². The van der Waals surface area contributed by atoms with E-state index >= 15 is 0 Å². The van der Waals surface area contributed by atoms with E-state index in [0.29, 0.717) is 0 Å². The fraction of sp³-hybridized carbons (Fsp3) is 0.200. The quantitative estimate of drug-likeness (QED) is 0.789. The van der Waals surface area contributed by atoms with Crippen molar-refractivity contribution in [1.29, 1.82) is 0 Å². The van der Waals surface area contributed by atoms with Crippen molar-refractivity contribution in [3.05, 3.63) is 76.3 Å². The fourth-order valence-electron chi connectivity index (χ4n) is 2.87. The second kappa shape index (κ2) is 8.19. The van der Waals surface area contributed by atoms with E-state index in [9.17, 15) is 14.7 Å². The zero-order valence-electron chi connectivity index (χ0n) is 14.0. The molecule has 2 aromatic rings. The summed E-state index contributed by atoms with van der Waals surface area (Å²) >= 11 is 3.42. The van der Waals surface area contributed by atoms with E-state index in [1.165, 1.54) is 0 Å². The third-order valence-corrected chi connectivity index (χ3v) is 4.71. The molecular formula is C20H18BrN2O3-. The number of hydrogen-bond acceptors (Lipinski definition) is 4. The summed E-state index contributed by atoms with van der Waals surface area (Å²) in [6, 6.07) is 17.3. The highest BCUT2D eigenvalue weighted by Gasteiger charge is 2.30. The molecule has 0 saturated carbocycles. The molecule has 0 radical (unpaired) electrons. The SMILES string of the molecule is O=C([O-])CCCC(=O)N1NC(c2ccccc2)=C[C@H]1c1ccc(Br)cc1. The molecule has 26 heavy (non-hydrogen) atoms. The van der Waals surface area contributed by atoms with Gasteiger partial charge in [-0.2, -0.15) is 0 Å². The van der Waals surface area contributed by atoms with Crippen molar-refractivity contribution < 1.29 is 14.7 Å². The first-order chi connectivity index (χ1) is 12.5. The molecule has 0 unspecified atom stereocenters. The average molecular weight is 414 g/mol. The predicted molar refractivity (Wildman–Crippen MR) is 100 cm³/mol. The summed E-state index contributed by atoms with van der Waals surface area (Å²) in [6.45, 7) is 0. The monoisotopic (exact) mass is 413 g/mol. The Morgan fingerprint density at radius 1 is 1.04 bits per heavy atom. The van der Waals surface area contributed by atoms with E-state index in [0.717, 1.165) is 21.3 Å². The van der Waals surface area contributed by atoms with Crippen molar-refractivity contribution in [1.82, 2.24) is 10.4 Å². The lowest BCUT2D eigenvalue weighted by Crippen LogP contribution is -2.39. The third kappa shape index (κ3) is 4.32. The van der Waals surface area contributed by atoms with Crippen molar-refractivity contribution in [2.75, 3.05) is 0 Å². The van der Waals surface area contributed by atoms with E-state index in [1.54, 1.807) is 5.01 Å². The molecule has 1 amide bonds. The number of amides is 1. The number of nitrogens with zero attached hydrogens (tertiary/aromatic N) is 1. The maximum Gasteiger partial charge on any atom is 0.241 e. The van der Waals surface area contributed by atoms with Crippen molar-refractivity contribution >= 4 is 33.5 Å². The number of carbonyl (C=O) groups is 2. The molecule has 0 fully saturated rings. The first kappa shape index (κ1) is 18.2. The molecule has 0 spiro atoms. The molecular weight excluding hydrogens is 396 g/mol. The van der Waals surface area contributed by atoms with Crippen LogP contribution in [0.5, 0.6) is 0 Å². The van der Waals surface area contributed by atoms with Crippen LogP contribution in [-0.2, 0) is 9.59 Å². The summed E-state index contributed by atoms with van der Waals surface area (Å²) in [5, 5.41) is 12.2. The van der Waals surface area contributed by atoms with Gasteiger partial charge in [-0.3, -0.25) is 10.2 Å². The Kier molecular flexibility index (Phi) is 5.73. The van der Waals surface area contributed by atoms with Gasteiger partial charge in [-0.05, 0) is 42.2 Å². The van der Waals surface area contributed by atoms with Crippen molar-refractivity contribution in [3.8, 4) is 0 Å². The standard InChI is InChI=1S/C20H19BrN2O3/c21-16-11-9-15(10-12-16)18-13-17(14-5-2-1-3-6-14)22-23(18)19(24)7-4-8-20(25)26/h1-3,5-6,9-13,18,22H,4,7-8H2,(H,25,26)/p-1/t18-/m0/s1.